The minimum Gasteiger partial charge on any atom is -0.452 e. The van der Waals surface area contributed by atoms with Crippen LogP contribution in [0.15, 0.2) is 48.5 Å². The van der Waals surface area contributed by atoms with Gasteiger partial charge in [0.25, 0.3) is 5.91 Å². The van der Waals surface area contributed by atoms with E-state index < -0.39 is 18.5 Å². The molecule has 2 aromatic rings. The molecule has 0 aromatic heterocycles. The molecule has 6 nitrogen and oxygen atoms in total. The molecule has 28 heavy (non-hydrogen) atoms. The number of nitrogens with one attached hydrogen (secondary N) is 1. The summed E-state index contributed by atoms with van der Waals surface area (Å²) in [4.78, 5) is 37.5. The van der Waals surface area contributed by atoms with Gasteiger partial charge in [-0.2, -0.15) is 0 Å². The smallest absolute Gasteiger partial charge is 0.338 e. The molecule has 2 amide bonds. The number of amides is 2. The quantitative estimate of drug-likeness (QED) is 0.745. The monoisotopic (exact) mass is 382 g/mol. The molecule has 0 aliphatic carbocycles. The Morgan fingerprint density at radius 3 is 2.18 bits per heavy atom. The molecule has 1 N–H and O–H groups in total. The van der Waals surface area contributed by atoms with Gasteiger partial charge in [-0.15, -0.1) is 0 Å². The lowest BCUT2D eigenvalue weighted by molar-refractivity contribution is -0.136. The Hall–Kier alpha value is -3.15. The van der Waals surface area contributed by atoms with E-state index in [1.807, 2.05) is 31.2 Å². The van der Waals surface area contributed by atoms with Crippen LogP contribution in [-0.2, 0) is 14.3 Å². The molecule has 0 aliphatic rings. The number of aryl methyl sites for hydroxylation is 1. The lowest BCUT2D eigenvalue weighted by Crippen LogP contribution is -2.37. The Kier molecular flexibility index (Phi) is 7.32. The van der Waals surface area contributed by atoms with Gasteiger partial charge in [0.2, 0.25) is 5.91 Å². The van der Waals surface area contributed by atoms with Crippen LogP contribution >= 0.6 is 0 Å². The molecule has 0 saturated carbocycles. The maximum atomic E-state index is 12.1. The summed E-state index contributed by atoms with van der Waals surface area (Å²) in [6.07, 6.45) is 0. The summed E-state index contributed by atoms with van der Waals surface area (Å²) >= 11 is 0. The van der Waals surface area contributed by atoms with Gasteiger partial charge in [0.1, 0.15) is 0 Å². The molecule has 0 fully saturated rings. The summed E-state index contributed by atoms with van der Waals surface area (Å²) in [5.41, 5.74) is 3.25. The molecule has 0 heterocycles. The number of carbonyl (C=O) groups excluding carboxylic acids is 3. The lowest BCUT2D eigenvalue weighted by atomic mass is 10.0. The van der Waals surface area contributed by atoms with E-state index in [0.29, 0.717) is 17.2 Å². The summed E-state index contributed by atoms with van der Waals surface area (Å²) in [5, 5.41) is 2.72. The van der Waals surface area contributed by atoms with Gasteiger partial charge in [-0.3, -0.25) is 9.59 Å². The van der Waals surface area contributed by atoms with Crippen LogP contribution in [0.3, 0.4) is 0 Å². The van der Waals surface area contributed by atoms with Crippen molar-refractivity contribution in [1.82, 2.24) is 4.90 Å². The fraction of sp³-hybridized carbons (Fsp3) is 0.318. The number of ether oxygens (including phenoxy) is 1. The van der Waals surface area contributed by atoms with Crippen molar-refractivity contribution in [1.29, 1.82) is 0 Å². The first-order chi connectivity index (χ1) is 13.3. The van der Waals surface area contributed by atoms with Crippen molar-refractivity contribution in [3.8, 4) is 0 Å². The zero-order chi connectivity index (χ0) is 20.7. The van der Waals surface area contributed by atoms with Gasteiger partial charge >= 0.3 is 5.97 Å². The molecule has 0 aliphatic heterocycles. The van der Waals surface area contributed by atoms with Gasteiger partial charge in [0.05, 0.1) is 12.1 Å². The molecule has 2 aromatic carbocycles. The highest BCUT2D eigenvalue weighted by Crippen LogP contribution is 2.15. The van der Waals surface area contributed by atoms with Crippen molar-refractivity contribution in [2.75, 3.05) is 25.5 Å². The first-order valence-electron chi connectivity index (χ1n) is 9.14. The van der Waals surface area contributed by atoms with E-state index >= 15 is 0 Å². The Morgan fingerprint density at radius 1 is 1.00 bits per heavy atom. The molecule has 2 rings (SSSR count). The third-order valence-electron chi connectivity index (χ3n) is 4.28. The van der Waals surface area contributed by atoms with Crippen molar-refractivity contribution >= 4 is 23.5 Å². The van der Waals surface area contributed by atoms with Crippen LogP contribution in [0, 0.1) is 6.92 Å². The predicted molar refractivity (Wildman–Crippen MR) is 108 cm³/mol. The van der Waals surface area contributed by atoms with Crippen LogP contribution in [0.2, 0.25) is 0 Å². The van der Waals surface area contributed by atoms with Gasteiger partial charge in [-0.1, -0.05) is 43.7 Å². The third-order valence-corrected chi connectivity index (χ3v) is 4.28. The third kappa shape index (κ3) is 6.23. The largest absolute Gasteiger partial charge is 0.452 e. The van der Waals surface area contributed by atoms with Gasteiger partial charge < -0.3 is 15.0 Å². The number of likely N-dealkylation sites (N-methyl/N-ethyl adjacent to an activating group) is 1. The van der Waals surface area contributed by atoms with Gasteiger partial charge in [-0.05, 0) is 42.7 Å². The highest BCUT2D eigenvalue weighted by Gasteiger charge is 2.16. The normalized spacial score (nSPS) is 10.5. The highest BCUT2D eigenvalue weighted by atomic mass is 16.5. The van der Waals surface area contributed by atoms with Crippen LogP contribution in [0.25, 0.3) is 0 Å². The van der Waals surface area contributed by atoms with Crippen LogP contribution in [-0.4, -0.2) is 42.9 Å². The Labute approximate surface area is 165 Å². The number of rotatable bonds is 7. The van der Waals surface area contributed by atoms with Crippen LogP contribution in [0.5, 0.6) is 0 Å². The number of hydrogen-bond acceptors (Lipinski definition) is 4. The zero-order valence-electron chi connectivity index (χ0n) is 16.7. The number of anilines is 1. The number of benzene rings is 2. The predicted octanol–water partition coefficient (Wildman–Crippen LogP) is 3.37. The van der Waals surface area contributed by atoms with Gasteiger partial charge in [-0.25, -0.2) is 4.79 Å². The minimum absolute atomic E-state index is 0.132. The minimum atomic E-state index is -0.568. The fourth-order valence-electron chi connectivity index (χ4n) is 2.47. The number of carbonyl (C=O) groups is 3. The maximum absolute atomic E-state index is 12.1. The fourth-order valence-corrected chi connectivity index (χ4v) is 2.47. The maximum Gasteiger partial charge on any atom is 0.338 e. The highest BCUT2D eigenvalue weighted by molar-refractivity contribution is 5.95. The molecule has 0 radical (unpaired) electrons. The van der Waals surface area contributed by atoms with Crippen molar-refractivity contribution < 1.29 is 19.1 Å². The first kappa shape index (κ1) is 21.2. The Morgan fingerprint density at radius 2 is 1.61 bits per heavy atom. The van der Waals surface area contributed by atoms with Crippen molar-refractivity contribution in [2.24, 2.45) is 0 Å². The zero-order valence-corrected chi connectivity index (χ0v) is 16.7. The number of hydrogen-bond donors (Lipinski definition) is 1. The topological polar surface area (TPSA) is 75.7 Å². The molecule has 6 heteroatoms. The van der Waals surface area contributed by atoms with E-state index in [2.05, 4.69) is 19.2 Å². The molecule has 0 atom stereocenters. The molecule has 0 spiro atoms. The van der Waals surface area contributed by atoms with Crippen molar-refractivity contribution in [2.45, 2.75) is 26.7 Å². The second kappa shape index (κ2) is 9.69. The lowest BCUT2D eigenvalue weighted by Gasteiger charge is -2.17. The van der Waals surface area contributed by atoms with E-state index in [9.17, 15) is 14.4 Å². The van der Waals surface area contributed by atoms with Crippen LogP contribution in [0.1, 0.15) is 41.3 Å². The standard InChI is InChI=1S/C22H26N2O4/c1-15(2)17-7-9-18(10-8-17)22(27)28-14-21(26)24(4)13-20(25)23-19-11-5-16(3)6-12-19/h5-12,15H,13-14H2,1-4H3,(H,23,25). The SMILES string of the molecule is Cc1ccc(NC(=O)CN(C)C(=O)COC(=O)c2ccc(C(C)C)cc2)cc1. The number of nitrogens with zero attached hydrogens (tertiary/aromatic N) is 1. The van der Waals surface area contributed by atoms with Gasteiger partial charge in [0, 0.05) is 12.7 Å². The second-order valence-corrected chi connectivity index (χ2v) is 7.02. The van der Waals surface area contributed by atoms with Gasteiger partial charge in [0.15, 0.2) is 6.61 Å². The summed E-state index contributed by atoms with van der Waals surface area (Å²) < 4.78 is 5.06. The average molecular weight is 382 g/mol. The van der Waals surface area contributed by atoms with E-state index in [4.69, 9.17) is 4.74 Å². The molecular weight excluding hydrogens is 356 g/mol. The van der Waals surface area contributed by atoms with E-state index in [1.54, 1.807) is 24.3 Å². The molecule has 0 unspecified atom stereocenters. The molecule has 148 valence electrons. The second-order valence-electron chi connectivity index (χ2n) is 7.02. The Bertz CT molecular complexity index is 827. The molecular formula is C22H26N2O4. The van der Waals surface area contributed by atoms with E-state index in [-0.39, 0.29) is 12.5 Å². The van der Waals surface area contributed by atoms with E-state index in [1.165, 1.54) is 11.9 Å². The number of esters is 1. The van der Waals surface area contributed by atoms with Crippen molar-refractivity contribution in [3.63, 3.8) is 0 Å². The molecule has 0 bridgehead atoms. The van der Waals surface area contributed by atoms with E-state index in [0.717, 1.165) is 11.1 Å². The van der Waals surface area contributed by atoms with Crippen LogP contribution < -0.4 is 5.32 Å². The first-order valence-corrected chi connectivity index (χ1v) is 9.14. The van der Waals surface area contributed by atoms with Crippen molar-refractivity contribution in [3.05, 3.63) is 65.2 Å². The summed E-state index contributed by atoms with van der Waals surface area (Å²) in [6.45, 7) is 5.54. The average Bonchev–Trinajstić information content (AvgIpc) is 2.67. The summed E-state index contributed by atoms with van der Waals surface area (Å²) in [6, 6.07) is 14.5. The summed E-state index contributed by atoms with van der Waals surface area (Å²) in [5.74, 6) is -0.978. The Balaban J connectivity index is 1.80. The molecule has 0 saturated heterocycles. The summed E-state index contributed by atoms with van der Waals surface area (Å²) in [7, 11) is 1.49. The van der Waals surface area contributed by atoms with Crippen LogP contribution in [0.4, 0.5) is 5.69 Å².